The second-order valence-electron chi connectivity index (χ2n) is 6.43. The standard InChI is InChI=1S/C19H22BrClN2O2S/c1-3-15-12-16(20)5-7-19(15)26(24,25)23-10-8-22(9-11-23)18-13-17(21)6-4-14(18)2/h4-7,12-13H,3,8-11H2,1-2H3. The molecule has 0 unspecified atom stereocenters. The Hall–Kier alpha value is -1.08. The van der Waals surface area contributed by atoms with E-state index in [-0.39, 0.29) is 0 Å². The van der Waals surface area contributed by atoms with Crippen LogP contribution in [-0.2, 0) is 16.4 Å². The van der Waals surface area contributed by atoms with Gasteiger partial charge in [0.25, 0.3) is 0 Å². The molecule has 1 fully saturated rings. The number of halogens is 2. The maximum Gasteiger partial charge on any atom is 0.243 e. The van der Waals surface area contributed by atoms with Gasteiger partial charge in [0.2, 0.25) is 10.0 Å². The molecule has 0 aromatic heterocycles. The van der Waals surface area contributed by atoms with Crippen molar-refractivity contribution in [3.05, 3.63) is 57.0 Å². The Morgan fingerprint density at radius 1 is 1.08 bits per heavy atom. The van der Waals surface area contributed by atoms with E-state index in [1.54, 1.807) is 16.4 Å². The summed E-state index contributed by atoms with van der Waals surface area (Å²) in [5, 5.41) is 0.697. The monoisotopic (exact) mass is 456 g/mol. The van der Waals surface area contributed by atoms with Crippen molar-refractivity contribution in [2.24, 2.45) is 0 Å². The van der Waals surface area contributed by atoms with Crippen molar-refractivity contribution in [2.75, 3.05) is 31.1 Å². The lowest BCUT2D eigenvalue weighted by Gasteiger charge is -2.36. The van der Waals surface area contributed by atoms with Crippen molar-refractivity contribution >= 4 is 43.2 Å². The van der Waals surface area contributed by atoms with E-state index in [0.717, 1.165) is 21.3 Å². The van der Waals surface area contributed by atoms with Gasteiger partial charge < -0.3 is 4.90 Å². The number of nitrogens with zero attached hydrogens (tertiary/aromatic N) is 2. The summed E-state index contributed by atoms with van der Waals surface area (Å²) < 4.78 is 28.7. The molecule has 0 atom stereocenters. The minimum atomic E-state index is -3.49. The van der Waals surface area contributed by atoms with Gasteiger partial charge in [-0.15, -0.1) is 0 Å². The smallest absolute Gasteiger partial charge is 0.243 e. The zero-order valence-corrected chi connectivity index (χ0v) is 18.0. The van der Waals surface area contributed by atoms with Crippen LogP contribution in [0.1, 0.15) is 18.1 Å². The molecule has 0 amide bonds. The molecule has 140 valence electrons. The largest absolute Gasteiger partial charge is 0.369 e. The highest BCUT2D eigenvalue weighted by Gasteiger charge is 2.30. The highest BCUT2D eigenvalue weighted by Crippen LogP contribution is 2.28. The predicted molar refractivity (Wildman–Crippen MR) is 111 cm³/mol. The van der Waals surface area contributed by atoms with Crippen molar-refractivity contribution in [3.8, 4) is 0 Å². The van der Waals surface area contributed by atoms with Gasteiger partial charge in [-0.1, -0.05) is 40.5 Å². The number of aryl methyl sites for hydroxylation is 2. The Bertz CT molecular complexity index is 910. The maximum absolute atomic E-state index is 13.1. The van der Waals surface area contributed by atoms with Crippen molar-refractivity contribution < 1.29 is 8.42 Å². The summed E-state index contributed by atoms with van der Waals surface area (Å²) in [4.78, 5) is 2.62. The molecule has 0 saturated carbocycles. The number of piperazine rings is 1. The van der Waals surface area contributed by atoms with E-state index in [2.05, 4.69) is 20.8 Å². The van der Waals surface area contributed by atoms with E-state index in [1.807, 2.05) is 38.1 Å². The van der Waals surface area contributed by atoms with Gasteiger partial charge in [-0.3, -0.25) is 0 Å². The van der Waals surface area contributed by atoms with Crippen LogP contribution in [0.5, 0.6) is 0 Å². The molecule has 0 bridgehead atoms. The predicted octanol–water partition coefficient (Wildman–Crippen LogP) is 4.48. The van der Waals surface area contributed by atoms with Crippen LogP contribution < -0.4 is 4.90 Å². The second kappa shape index (κ2) is 7.89. The molecular weight excluding hydrogens is 436 g/mol. The normalized spacial score (nSPS) is 16.1. The van der Waals surface area contributed by atoms with Crippen molar-refractivity contribution in [2.45, 2.75) is 25.2 Å². The van der Waals surface area contributed by atoms with E-state index in [9.17, 15) is 8.42 Å². The number of sulfonamides is 1. The van der Waals surface area contributed by atoms with Gasteiger partial charge >= 0.3 is 0 Å². The number of hydrogen-bond acceptors (Lipinski definition) is 3. The zero-order chi connectivity index (χ0) is 18.9. The number of anilines is 1. The number of benzene rings is 2. The molecule has 1 heterocycles. The van der Waals surface area contributed by atoms with Crippen LogP contribution in [0, 0.1) is 6.92 Å². The molecule has 1 aliphatic heterocycles. The molecule has 26 heavy (non-hydrogen) atoms. The van der Waals surface area contributed by atoms with Crippen LogP contribution in [0.4, 0.5) is 5.69 Å². The summed E-state index contributed by atoms with van der Waals surface area (Å²) in [7, 11) is -3.49. The summed E-state index contributed by atoms with van der Waals surface area (Å²) in [6.45, 7) is 6.25. The molecule has 3 rings (SSSR count). The van der Waals surface area contributed by atoms with Gasteiger partial charge in [-0.25, -0.2) is 8.42 Å². The maximum atomic E-state index is 13.1. The van der Waals surface area contributed by atoms with Gasteiger partial charge in [0.05, 0.1) is 4.90 Å². The molecule has 1 saturated heterocycles. The fourth-order valence-electron chi connectivity index (χ4n) is 3.31. The molecule has 0 radical (unpaired) electrons. The molecule has 0 aliphatic carbocycles. The first kappa shape index (κ1) is 19.7. The molecule has 1 aliphatic rings. The summed E-state index contributed by atoms with van der Waals surface area (Å²) in [5.74, 6) is 0. The molecule has 0 spiro atoms. The van der Waals surface area contributed by atoms with E-state index < -0.39 is 10.0 Å². The number of rotatable bonds is 4. The average Bonchev–Trinajstić information content (AvgIpc) is 2.63. The van der Waals surface area contributed by atoms with Crippen LogP contribution in [-0.4, -0.2) is 38.9 Å². The van der Waals surface area contributed by atoms with Crippen molar-refractivity contribution in [1.29, 1.82) is 0 Å². The van der Waals surface area contributed by atoms with Crippen LogP contribution in [0.3, 0.4) is 0 Å². The number of hydrogen-bond donors (Lipinski definition) is 0. The minimum absolute atomic E-state index is 0.413. The summed E-state index contributed by atoms with van der Waals surface area (Å²) in [5.41, 5.74) is 3.06. The third-order valence-corrected chi connectivity index (χ3v) is 7.50. The fourth-order valence-corrected chi connectivity index (χ4v) is 5.58. The Kier molecular flexibility index (Phi) is 5.97. The lowest BCUT2D eigenvalue weighted by atomic mass is 10.1. The Morgan fingerprint density at radius 2 is 1.77 bits per heavy atom. The van der Waals surface area contributed by atoms with E-state index in [4.69, 9.17) is 11.6 Å². The SMILES string of the molecule is CCc1cc(Br)ccc1S(=O)(=O)N1CCN(c2cc(Cl)ccc2C)CC1. The van der Waals surface area contributed by atoms with Crippen molar-refractivity contribution in [1.82, 2.24) is 4.31 Å². The summed E-state index contributed by atoms with van der Waals surface area (Å²) >= 11 is 9.55. The first-order chi connectivity index (χ1) is 12.3. The highest BCUT2D eigenvalue weighted by atomic mass is 79.9. The average molecular weight is 458 g/mol. The molecule has 4 nitrogen and oxygen atoms in total. The van der Waals surface area contributed by atoms with Gasteiger partial charge in [-0.05, 0) is 54.8 Å². The highest BCUT2D eigenvalue weighted by molar-refractivity contribution is 9.10. The molecule has 7 heteroatoms. The van der Waals surface area contributed by atoms with Crippen LogP contribution in [0.25, 0.3) is 0 Å². The van der Waals surface area contributed by atoms with E-state index >= 15 is 0 Å². The Labute approximate surface area is 168 Å². The molecule has 2 aromatic rings. The third-order valence-electron chi connectivity index (χ3n) is 4.77. The molecule has 2 aromatic carbocycles. The quantitative estimate of drug-likeness (QED) is 0.679. The van der Waals surface area contributed by atoms with E-state index in [0.29, 0.717) is 42.5 Å². The topological polar surface area (TPSA) is 40.6 Å². The molecule has 0 N–H and O–H groups in total. The first-order valence-corrected chi connectivity index (χ1v) is 11.2. The van der Waals surface area contributed by atoms with Gasteiger partial charge in [-0.2, -0.15) is 4.31 Å². The van der Waals surface area contributed by atoms with Gasteiger partial charge in [0.1, 0.15) is 0 Å². The van der Waals surface area contributed by atoms with Gasteiger partial charge in [0.15, 0.2) is 0 Å². The summed E-state index contributed by atoms with van der Waals surface area (Å²) in [6.07, 6.45) is 0.676. The zero-order valence-electron chi connectivity index (χ0n) is 14.9. The second-order valence-corrected chi connectivity index (χ2v) is 9.69. The van der Waals surface area contributed by atoms with E-state index in [1.165, 1.54) is 0 Å². The van der Waals surface area contributed by atoms with Crippen LogP contribution in [0.2, 0.25) is 5.02 Å². The Balaban J connectivity index is 1.80. The fraction of sp³-hybridized carbons (Fsp3) is 0.368. The van der Waals surface area contributed by atoms with Crippen LogP contribution >= 0.6 is 27.5 Å². The summed E-state index contributed by atoms with van der Waals surface area (Å²) in [6, 6.07) is 11.2. The Morgan fingerprint density at radius 3 is 2.42 bits per heavy atom. The first-order valence-electron chi connectivity index (χ1n) is 8.62. The lowest BCUT2D eigenvalue weighted by molar-refractivity contribution is 0.384. The van der Waals surface area contributed by atoms with Crippen molar-refractivity contribution in [3.63, 3.8) is 0 Å². The minimum Gasteiger partial charge on any atom is -0.369 e. The third kappa shape index (κ3) is 3.93. The molecular formula is C19H22BrClN2O2S. The van der Waals surface area contributed by atoms with Gasteiger partial charge in [0, 0.05) is 41.4 Å². The van der Waals surface area contributed by atoms with Crippen LogP contribution in [0.15, 0.2) is 45.8 Å². The lowest BCUT2D eigenvalue weighted by Crippen LogP contribution is -2.49.